The van der Waals surface area contributed by atoms with E-state index in [1.165, 1.54) is 29.5 Å². The Morgan fingerprint density at radius 1 is 0.833 bits per heavy atom. The van der Waals surface area contributed by atoms with Gasteiger partial charge in [0.1, 0.15) is 0 Å². The van der Waals surface area contributed by atoms with E-state index in [-0.39, 0.29) is 0 Å². The molecule has 2 aromatic carbocycles. The van der Waals surface area contributed by atoms with E-state index in [1.54, 1.807) is 0 Å². The number of hydrogen-bond donors (Lipinski definition) is 0. The molecule has 0 nitrogen and oxygen atoms in total. The molecule has 2 unspecified atom stereocenters. The van der Waals surface area contributed by atoms with Crippen LogP contribution in [0.2, 0.25) is 0 Å². The van der Waals surface area contributed by atoms with Crippen molar-refractivity contribution in [3.05, 3.63) is 77.9 Å². The highest BCUT2D eigenvalue weighted by atomic mass is 14.6. The number of benzene rings is 2. The summed E-state index contributed by atoms with van der Waals surface area (Å²) >= 11 is 0. The van der Waals surface area contributed by atoms with Crippen molar-refractivity contribution in [2.24, 2.45) is 5.41 Å². The second-order valence-electron chi connectivity index (χ2n) is 5.61. The molecule has 2 aliphatic rings. The lowest BCUT2D eigenvalue weighted by Crippen LogP contribution is -2.12. The second kappa shape index (κ2) is 3.58. The summed E-state index contributed by atoms with van der Waals surface area (Å²) in [5.74, 6) is 0.770. The van der Waals surface area contributed by atoms with Crippen LogP contribution in [0.15, 0.2) is 66.7 Å². The first-order valence-corrected chi connectivity index (χ1v) is 6.69. The zero-order valence-corrected chi connectivity index (χ0v) is 10.3. The lowest BCUT2D eigenvalue weighted by atomic mass is 9.77. The molecule has 18 heavy (non-hydrogen) atoms. The molecule has 0 N–H and O–H groups in total. The Hall–Kier alpha value is -1.82. The molecular formula is C18H16. The van der Waals surface area contributed by atoms with Gasteiger partial charge in [0.05, 0.1) is 0 Å². The van der Waals surface area contributed by atoms with Crippen LogP contribution in [0.1, 0.15) is 29.9 Å². The summed E-state index contributed by atoms with van der Waals surface area (Å²) in [6.45, 7) is 0. The zero-order chi connectivity index (χ0) is 12.0. The van der Waals surface area contributed by atoms with Crippen LogP contribution in [0, 0.1) is 5.41 Å². The molecule has 2 aromatic rings. The van der Waals surface area contributed by atoms with Crippen LogP contribution in [0.3, 0.4) is 0 Å². The first-order chi connectivity index (χ1) is 8.87. The van der Waals surface area contributed by atoms with Gasteiger partial charge in [0, 0.05) is 5.41 Å². The molecule has 1 saturated carbocycles. The topological polar surface area (TPSA) is 0 Å². The Kier molecular flexibility index (Phi) is 2.02. The Morgan fingerprint density at radius 2 is 1.44 bits per heavy atom. The van der Waals surface area contributed by atoms with Gasteiger partial charge in [-0.15, -0.1) is 0 Å². The van der Waals surface area contributed by atoms with Gasteiger partial charge in [-0.3, -0.25) is 0 Å². The van der Waals surface area contributed by atoms with Crippen molar-refractivity contribution in [2.45, 2.75) is 18.8 Å². The second-order valence-corrected chi connectivity index (χ2v) is 5.61. The third kappa shape index (κ3) is 1.45. The normalized spacial score (nSPS) is 28.7. The molecule has 0 amide bonds. The van der Waals surface area contributed by atoms with Gasteiger partial charge >= 0.3 is 0 Å². The van der Waals surface area contributed by atoms with Gasteiger partial charge in [0.25, 0.3) is 0 Å². The van der Waals surface area contributed by atoms with Crippen LogP contribution in [0.25, 0.3) is 5.57 Å². The summed E-state index contributed by atoms with van der Waals surface area (Å²) in [5.41, 5.74) is 4.96. The standard InChI is InChI=1S/C18H16/c1-3-7-14(8-4-1)16-11-18(12-16)13-17(18)15-9-5-2-6-10-15/h1-11,17H,12-13H2. The Labute approximate surface area is 108 Å². The summed E-state index contributed by atoms with van der Waals surface area (Å²) in [6, 6.07) is 21.7. The van der Waals surface area contributed by atoms with E-state index >= 15 is 0 Å². The van der Waals surface area contributed by atoms with Gasteiger partial charge in [-0.25, -0.2) is 0 Å². The van der Waals surface area contributed by atoms with Gasteiger partial charge < -0.3 is 0 Å². The lowest BCUT2D eigenvalue weighted by Gasteiger charge is -2.27. The number of rotatable bonds is 2. The monoisotopic (exact) mass is 232 g/mol. The van der Waals surface area contributed by atoms with E-state index in [1.807, 2.05) is 0 Å². The van der Waals surface area contributed by atoms with E-state index in [9.17, 15) is 0 Å². The summed E-state index contributed by atoms with van der Waals surface area (Å²) in [5, 5.41) is 0. The minimum absolute atomic E-state index is 0.506. The SMILES string of the molecule is C1=C(c2ccccc2)CC12CC2c1ccccc1. The summed E-state index contributed by atoms with van der Waals surface area (Å²) in [7, 11) is 0. The average Bonchev–Trinajstić information content (AvgIpc) is 3.15. The van der Waals surface area contributed by atoms with Crippen LogP contribution in [0.4, 0.5) is 0 Å². The molecule has 0 bridgehead atoms. The molecular weight excluding hydrogens is 216 g/mol. The van der Waals surface area contributed by atoms with Gasteiger partial charge in [0.15, 0.2) is 0 Å². The summed E-state index contributed by atoms with van der Waals surface area (Å²) in [4.78, 5) is 0. The van der Waals surface area contributed by atoms with E-state index in [4.69, 9.17) is 0 Å². The fraction of sp³-hybridized carbons (Fsp3) is 0.222. The first-order valence-electron chi connectivity index (χ1n) is 6.69. The third-order valence-corrected chi connectivity index (χ3v) is 4.45. The number of allylic oxidation sites excluding steroid dienone is 2. The highest BCUT2D eigenvalue weighted by Crippen LogP contribution is 2.69. The molecule has 0 saturated heterocycles. The molecule has 0 radical (unpaired) electrons. The molecule has 0 heteroatoms. The first kappa shape index (κ1) is 10.1. The maximum Gasteiger partial charge on any atom is 0.000331 e. The molecule has 88 valence electrons. The quantitative estimate of drug-likeness (QED) is 0.707. The van der Waals surface area contributed by atoms with Crippen molar-refractivity contribution < 1.29 is 0 Å². The van der Waals surface area contributed by atoms with Crippen molar-refractivity contribution in [2.75, 3.05) is 0 Å². The fourth-order valence-electron chi connectivity index (χ4n) is 3.32. The number of hydrogen-bond acceptors (Lipinski definition) is 0. The Balaban J connectivity index is 1.57. The van der Waals surface area contributed by atoms with E-state index in [0.717, 1.165) is 5.92 Å². The lowest BCUT2D eigenvalue weighted by molar-refractivity contribution is 0.598. The van der Waals surface area contributed by atoms with Crippen LogP contribution in [-0.2, 0) is 0 Å². The molecule has 1 fully saturated rings. The maximum absolute atomic E-state index is 2.51. The molecule has 2 aliphatic carbocycles. The highest BCUT2D eigenvalue weighted by molar-refractivity contribution is 5.75. The van der Waals surface area contributed by atoms with Gasteiger partial charge in [-0.1, -0.05) is 66.7 Å². The minimum Gasteiger partial charge on any atom is -0.0735 e. The largest absolute Gasteiger partial charge is 0.0735 e. The Morgan fingerprint density at radius 3 is 2.11 bits per heavy atom. The van der Waals surface area contributed by atoms with Crippen molar-refractivity contribution in [1.82, 2.24) is 0 Å². The molecule has 0 heterocycles. The van der Waals surface area contributed by atoms with E-state index in [2.05, 4.69) is 66.7 Å². The predicted molar refractivity (Wildman–Crippen MR) is 75.3 cm³/mol. The predicted octanol–water partition coefficient (Wildman–Crippen LogP) is 4.65. The van der Waals surface area contributed by atoms with Crippen LogP contribution < -0.4 is 0 Å². The minimum atomic E-state index is 0.506. The van der Waals surface area contributed by atoms with Gasteiger partial charge in [-0.2, -0.15) is 0 Å². The smallest absolute Gasteiger partial charge is 0.000331 e. The van der Waals surface area contributed by atoms with Crippen LogP contribution in [0.5, 0.6) is 0 Å². The van der Waals surface area contributed by atoms with Crippen molar-refractivity contribution in [1.29, 1.82) is 0 Å². The average molecular weight is 232 g/mol. The Bertz CT molecular complexity index is 594. The van der Waals surface area contributed by atoms with Crippen LogP contribution in [-0.4, -0.2) is 0 Å². The van der Waals surface area contributed by atoms with E-state index < -0.39 is 0 Å². The van der Waals surface area contributed by atoms with Crippen LogP contribution >= 0.6 is 0 Å². The van der Waals surface area contributed by atoms with Gasteiger partial charge in [-0.05, 0) is 35.5 Å². The highest BCUT2D eigenvalue weighted by Gasteiger charge is 2.57. The maximum atomic E-state index is 2.51. The molecule has 1 spiro atoms. The fourth-order valence-corrected chi connectivity index (χ4v) is 3.32. The van der Waals surface area contributed by atoms with Gasteiger partial charge in [0.2, 0.25) is 0 Å². The third-order valence-electron chi connectivity index (χ3n) is 4.45. The summed E-state index contributed by atoms with van der Waals surface area (Å²) in [6.07, 6.45) is 5.12. The van der Waals surface area contributed by atoms with Crippen molar-refractivity contribution in [3.63, 3.8) is 0 Å². The molecule has 0 aromatic heterocycles. The zero-order valence-electron chi connectivity index (χ0n) is 10.3. The molecule has 0 aliphatic heterocycles. The molecule has 4 rings (SSSR count). The van der Waals surface area contributed by atoms with E-state index in [0.29, 0.717) is 5.41 Å². The summed E-state index contributed by atoms with van der Waals surface area (Å²) < 4.78 is 0. The van der Waals surface area contributed by atoms with Crippen molar-refractivity contribution in [3.8, 4) is 0 Å². The molecule has 2 atom stereocenters. The van der Waals surface area contributed by atoms with Crippen molar-refractivity contribution >= 4 is 5.57 Å².